The molecular weight excluding hydrogens is 332 g/mol. The van der Waals surface area contributed by atoms with Gasteiger partial charge in [0.2, 0.25) is 5.95 Å². The van der Waals surface area contributed by atoms with Gasteiger partial charge in [0.05, 0.1) is 30.0 Å². The van der Waals surface area contributed by atoms with Crippen LogP contribution in [0.15, 0.2) is 61.3 Å². The van der Waals surface area contributed by atoms with Crippen molar-refractivity contribution < 1.29 is 4.79 Å². The van der Waals surface area contributed by atoms with Crippen LogP contribution in [0.5, 0.6) is 0 Å². The fourth-order valence-corrected chi connectivity index (χ4v) is 2.35. The Balaban J connectivity index is 1.48. The molecule has 0 unspecified atom stereocenters. The molecule has 0 aliphatic carbocycles. The van der Waals surface area contributed by atoms with Crippen molar-refractivity contribution >= 4 is 11.6 Å². The number of hydrogen-bond acceptors (Lipinski definition) is 6. The predicted molar refractivity (Wildman–Crippen MR) is 93.2 cm³/mol. The molecule has 3 heterocycles. The van der Waals surface area contributed by atoms with E-state index in [0.717, 1.165) is 11.5 Å². The van der Waals surface area contributed by atoms with Gasteiger partial charge in [-0.05, 0) is 19.1 Å². The molecule has 9 nitrogen and oxygen atoms in total. The quantitative estimate of drug-likeness (QED) is 0.604. The van der Waals surface area contributed by atoms with E-state index in [1.54, 1.807) is 17.0 Å². The van der Waals surface area contributed by atoms with E-state index in [1.807, 2.05) is 37.3 Å². The molecule has 0 saturated carbocycles. The van der Waals surface area contributed by atoms with Gasteiger partial charge in [0, 0.05) is 12.4 Å². The fourth-order valence-electron chi connectivity index (χ4n) is 2.35. The minimum absolute atomic E-state index is 0.198. The molecule has 0 fully saturated rings. The largest absolute Gasteiger partial charge is 0.318 e. The van der Waals surface area contributed by atoms with E-state index < -0.39 is 0 Å². The van der Waals surface area contributed by atoms with Crippen LogP contribution in [0.3, 0.4) is 0 Å². The molecule has 0 radical (unpaired) electrons. The highest BCUT2D eigenvalue weighted by Crippen LogP contribution is 2.10. The fraction of sp³-hybridized carbons (Fsp3) is 0.0588. The normalized spacial score (nSPS) is 10.7. The maximum Gasteiger partial charge on any atom is 0.277 e. The maximum atomic E-state index is 12.3. The molecule has 9 heteroatoms. The lowest BCUT2D eigenvalue weighted by Gasteiger charge is -2.05. The first-order valence-electron chi connectivity index (χ1n) is 7.82. The number of rotatable bonds is 4. The Morgan fingerprint density at radius 1 is 1.04 bits per heavy atom. The molecule has 1 aromatic carbocycles. The lowest BCUT2D eigenvalue weighted by molar-refractivity contribution is 0.102. The van der Waals surface area contributed by atoms with Crippen LogP contribution in [-0.2, 0) is 0 Å². The van der Waals surface area contributed by atoms with Gasteiger partial charge in [-0.2, -0.15) is 9.90 Å². The second kappa shape index (κ2) is 6.55. The third kappa shape index (κ3) is 3.05. The van der Waals surface area contributed by atoms with Crippen molar-refractivity contribution in [2.24, 2.45) is 0 Å². The van der Waals surface area contributed by atoms with E-state index >= 15 is 0 Å². The van der Waals surface area contributed by atoms with Crippen molar-refractivity contribution in [1.29, 1.82) is 0 Å². The number of benzene rings is 1. The number of nitrogens with zero attached hydrogens (tertiary/aromatic N) is 7. The molecule has 0 atom stereocenters. The van der Waals surface area contributed by atoms with Crippen LogP contribution < -0.4 is 5.32 Å². The third-order valence-electron chi connectivity index (χ3n) is 3.65. The van der Waals surface area contributed by atoms with Gasteiger partial charge in [-0.1, -0.05) is 18.2 Å². The number of aryl methyl sites for hydroxylation is 1. The topological polar surface area (TPSA) is 103 Å². The summed E-state index contributed by atoms with van der Waals surface area (Å²) >= 11 is 0. The number of aromatic nitrogens is 7. The molecule has 0 saturated heterocycles. The van der Waals surface area contributed by atoms with Gasteiger partial charge >= 0.3 is 0 Å². The van der Waals surface area contributed by atoms with E-state index in [-0.39, 0.29) is 11.6 Å². The molecule has 4 aromatic rings. The Morgan fingerprint density at radius 3 is 2.50 bits per heavy atom. The lowest BCUT2D eigenvalue weighted by Crippen LogP contribution is -2.14. The highest BCUT2D eigenvalue weighted by Gasteiger charge is 2.12. The Labute approximate surface area is 148 Å². The van der Waals surface area contributed by atoms with Crippen molar-refractivity contribution in [2.75, 3.05) is 5.32 Å². The minimum atomic E-state index is -0.387. The number of carbonyl (C=O) groups excluding carboxylic acids is 1. The van der Waals surface area contributed by atoms with E-state index in [9.17, 15) is 4.79 Å². The summed E-state index contributed by atoms with van der Waals surface area (Å²) < 4.78 is 1.75. The smallest absolute Gasteiger partial charge is 0.277 e. The standard InChI is InChI=1S/C17H14N8O/c1-12-18-7-8-24(12)17-19-9-13(10-20-17)22-16(26)15-11-21-25(23-15)14-5-3-2-4-6-14/h2-11H,1H3,(H,22,26). The molecule has 3 aromatic heterocycles. The molecule has 26 heavy (non-hydrogen) atoms. The molecular formula is C17H14N8O. The first-order valence-corrected chi connectivity index (χ1v) is 7.82. The first-order chi connectivity index (χ1) is 12.7. The summed E-state index contributed by atoms with van der Waals surface area (Å²) in [5, 5.41) is 11.0. The monoisotopic (exact) mass is 346 g/mol. The Morgan fingerprint density at radius 2 is 1.81 bits per heavy atom. The van der Waals surface area contributed by atoms with E-state index in [0.29, 0.717) is 11.6 Å². The summed E-state index contributed by atoms with van der Waals surface area (Å²) in [6.45, 7) is 1.86. The third-order valence-corrected chi connectivity index (χ3v) is 3.65. The minimum Gasteiger partial charge on any atom is -0.318 e. The number of carbonyl (C=O) groups is 1. The van der Waals surface area contributed by atoms with Crippen LogP contribution in [0, 0.1) is 6.92 Å². The van der Waals surface area contributed by atoms with Crippen LogP contribution in [-0.4, -0.2) is 40.4 Å². The second-order valence-electron chi connectivity index (χ2n) is 5.43. The Bertz CT molecular complexity index is 1040. The van der Waals surface area contributed by atoms with Crippen molar-refractivity contribution in [1.82, 2.24) is 34.5 Å². The molecule has 0 spiro atoms. The summed E-state index contributed by atoms with van der Waals surface area (Å²) in [6.07, 6.45) is 7.91. The molecule has 0 aliphatic rings. The summed E-state index contributed by atoms with van der Waals surface area (Å²) in [6, 6.07) is 9.35. The van der Waals surface area contributed by atoms with Gasteiger partial charge in [-0.15, -0.1) is 5.10 Å². The Hall–Kier alpha value is -3.88. The second-order valence-corrected chi connectivity index (χ2v) is 5.43. The van der Waals surface area contributed by atoms with Gasteiger partial charge in [0.15, 0.2) is 5.69 Å². The maximum absolute atomic E-state index is 12.3. The number of nitrogens with one attached hydrogen (secondary N) is 1. The zero-order chi connectivity index (χ0) is 17.9. The average molecular weight is 346 g/mol. The number of anilines is 1. The molecule has 0 aliphatic heterocycles. The Kier molecular flexibility index (Phi) is 3.94. The van der Waals surface area contributed by atoms with Crippen molar-refractivity contribution in [3.63, 3.8) is 0 Å². The number of para-hydroxylation sites is 1. The summed E-state index contributed by atoms with van der Waals surface area (Å²) in [5.74, 6) is 0.870. The van der Waals surface area contributed by atoms with Crippen molar-refractivity contribution in [3.05, 3.63) is 72.8 Å². The molecule has 128 valence electrons. The zero-order valence-corrected chi connectivity index (χ0v) is 13.8. The van der Waals surface area contributed by atoms with Crippen molar-refractivity contribution in [3.8, 4) is 11.6 Å². The summed E-state index contributed by atoms with van der Waals surface area (Å²) in [5.41, 5.74) is 1.43. The predicted octanol–water partition coefficient (Wildman–Crippen LogP) is 1.80. The van der Waals surface area contributed by atoms with Gasteiger partial charge in [0.25, 0.3) is 5.91 Å². The molecule has 1 N–H and O–H groups in total. The van der Waals surface area contributed by atoms with Gasteiger partial charge in [0.1, 0.15) is 5.82 Å². The number of imidazole rings is 1. The van der Waals surface area contributed by atoms with Crippen molar-refractivity contribution in [2.45, 2.75) is 6.92 Å². The number of hydrogen-bond donors (Lipinski definition) is 1. The van der Waals surface area contributed by atoms with Crippen LogP contribution in [0.25, 0.3) is 11.6 Å². The highest BCUT2D eigenvalue weighted by molar-refractivity contribution is 6.02. The lowest BCUT2D eigenvalue weighted by atomic mass is 10.3. The summed E-state index contributed by atoms with van der Waals surface area (Å²) in [7, 11) is 0. The average Bonchev–Trinajstić information content (AvgIpc) is 3.32. The SMILES string of the molecule is Cc1nccn1-c1ncc(NC(=O)c2cnn(-c3ccccc3)n2)cn1. The summed E-state index contributed by atoms with van der Waals surface area (Å²) in [4.78, 5) is 26.3. The van der Waals surface area contributed by atoms with Crippen LogP contribution >= 0.6 is 0 Å². The number of amides is 1. The van der Waals surface area contributed by atoms with Gasteiger partial charge in [-0.25, -0.2) is 15.0 Å². The molecule has 0 bridgehead atoms. The first kappa shape index (κ1) is 15.6. The van der Waals surface area contributed by atoms with Crippen LogP contribution in [0.1, 0.15) is 16.3 Å². The van der Waals surface area contributed by atoms with Gasteiger partial charge in [-0.3, -0.25) is 9.36 Å². The molecule has 1 amide bonds. The molecule has 4 rings (SSSR count). The van der Waals surface area contributed by atoms with E-state index in [1.165, 1.54) is 23.4 Å². The zero-order valence-electron chi connectivity index (χ0n) is 13.8. The van der Waals surface area contributed by atoms with Crippen LogP contribution in [0.2, 0.25) is 0 Å². The van der Waals surface area contributed by atoms with Gasteiger partial charge < -0.3 is 5.32 Å². The van der Waals surface area contributed by atoms with E-state index in [2.05, 4.69) is 30.5 Å². The van der Waals surface area contributed by atoms with E-state index in [4.69, 9.17) is 0 Å². The highest BCUT2D eigenvalue weighted by atomic mass is 16.2. The van der Waals surface area contributed by atoms with Crippen LogP contribution in [0.4, 0.5) is 5.69 Å².